The van der Waals surface area contributed by atoms with Crippen LogP contribution in [0.2, 0.25) is 0 Å². The van der Waals surface area contributed by atoms with Crippen molar-refractivity contribution >= 4 is 87.7 Å². The molecule has 0 aliphatic heterocycles. The average molecular weight is 1100 g/mol. The fourth-order valence-corrected chi connectivity index (χ4v) is 8.27. The van der Waals surface area contributed by atoms with Gasteiger partial charge in [-0.3, -0.25) is 52.9 Å². The first-order valence-corrected chi connectivity index (χ1v) is 26.6. The van der Waals surface area contributed by atoms with Gasteiger partial charge < -0.3 is 81.2 Å². The van der Waals surface area contributed by atoms with Gasteiger partial charge in [-0.1, -0.05) is 45.9 Å². The van der Waals surface area contributed by atoms with E-state index < -0.39 is 120 Å². The Morgan fingerprint density at radius 2 is 1.30 bits per heavy atom. The van der Waals surface area contributed by atoms with Gasteiger partial charge in [0.25, 0.3) is 0 Å². The first-order valence-electron chi connectivity index (χ1n) is 25.2. The highest BCUT2D eigenvalue weighted by molar-refractivity contribution is 7.98. The Morgan fingerprint density at radius 1 is 0.675 bits per heavy atom. The lowest BCUT2D eigenvalue weighted by Crippen LogP contribution is -2.59. The highest BCUT2D eigenvalue weighted by Crippen LogP contribution is 2.20. The summed E-state index contributed by atoms with van der Waals surface area (Å²) in [6.45, 7) is 7.86. The van der Waals surface area contributed by atoms with Crippen molar-refractivity contribution in [2.45, 2.75) is 134 Å². The summed E-state index contributed by atoms with van der Waals surface area (Å²) in [6, 6.07) is -2.55. The Balaban J connectivity index is 1.75. The molecular formula is C49H77N17O10S. The maximum atomic E-state index is 14.2. The Bertz CT molecular complexity index is 2520. The lowest BCUT2D eigenvalue weighted by atomic mass is 10.0. The highest BCUT2D eigenvalue weighted by Gasteiger charge is 2.34. The summed E-state index contributed by atoms with van der Waals surface area (Å²) >= 11 is 1.47. The van der Waals surface area contributed by atoms with E-state index in [1.165, 1.54) is 31.2 Å². The number of aromatic amines is 2. The Hall–Kier alpha value is -7.75. The van der Waals surface area contributed by atoms with Crippen LogP contribution in [0.25, 0.3) is 10.9 Å². The number of carbonyl (C=O) groups excluding carboxylic acids is 10. The van der Waals surface area contributed by atoms with Crippen LogP contribution in [0, 0.1) is 11.8 Å². The molecule has 27 nitrogen and oxygen atoms in total. The monoisotopic (exact) mass is 1100 g/mol. The van der Waals surface area contributed by atoms with Crippen LogP contribution in [0.1, 0.15) is 84.4 Å². The molecule has 8 atom stereocenters. The second kappa shape index (κ2) is 32.0. The summed E-state index contributed by atoms with van der Waals surface area (Å²) in [5.74, 6) is -7.89. The predicted octanol–water partition coefficient (Wildman–Crippen LogP) is -3.21. The number of fused-ring (bicyclic) bond motifs is 1. The van der Waals surface area contributed by atoms with Gasteiger partial charge in [-0.15, -0.1) is 0 Å². The average Bonchev–Trinajstić information content (AvgIpc) is 4.05. The molecule has 28 heteroatoms. The molecular weight excluding hydrogens is 1020 g/mol. The van der Waals surface area contributed by atoms with E-state index in [0.29, 0.717) is 23.4 Å². The number of benzene rings is 1. The van der Waals surface area contributed by atoms with Gasteiger partial charge in [0.05, 0.1) is 18.9 Å². The topological polar surface area (TPSA) is 454 Å². The van der Waals surface area contributed by atoms with Crippen LogP contribution in [-0.4, -0.2) is 153 Å². The van der Waals surface area contributed by atoms with Gasteiger partial charge >= 0.3 is 0 Å². The zero-order valence-corrected chi connectivity index (χ0v) is 45.2. The molecule has 0 fully saturated rings. The first kappa shape index (κ1) is 63.5. The molecule has 0 aliphatic rings. The number of thioether (sulfide) groups is 1. The van der Waals surface area contributed by atoms with E-state index in [4.69, 9.17) is 28.7 Å². The van der Waals surface area contributed by atoms with Gasteiger partial charge in [0.15, 0.2) is 5.96 Å². The van der Waals surface area contributed by atoms with Crippen molar-refractivity contribution in [3.05, 3.63) is 54.2 Å². The molecule has 1 aromatic carbocycles. The summed E-state index contributed by atoms with van der Waals surface area (Å²) in [6.07, 6.45) is 6.51. The molecule has 3 aromatic rings. The third-order valence-electron chi connectivity index (χ3n) is 12.0. The summed E-state index contributed by atoms with van der Waals surface area (Å²) < 4.78 is 0. The van der Waals surface area contributed by atoms with Crippen LogP contribution in [-0.2, 0) is 60.8 Å². The number of para-hydroxylation sites is 1. The third-order valence-corrected chi connectivity index (χ3v) is 12.7. The number of nitrogens with two attached hydrogens (primary N) is 5. The number of imidazole rings is 1. The van der Waals surface area contributed by atoms with Crippen LogP contribution in [0.15, 0.2) is 48.0 Å². The van der Waals surface area contributed by atoms with Crippen molar-refractivity contribution in [2.75, 3.05) is 25.1 Å². The number of rotatable bonds is 34. The van der Waals surface area contributed by atoms with Crippen LogP contribution in [0.3, 0.4) is 0 Å². The van der Waals surface area contributed by atoms with Gasteiger partial charge in [0.1, 0.15) is 42.3 Å². The second-order valence-electron chi connectivity index (χ2n) is 19.3. The minimum absolute atomic E-state index is 0.0807. The molecule has 2 heterocycles. The molecule has 2 aromatic heterocycles. The summed E-state index contributed by atoms with van der Waals surface area (Å²) in [5, 5.41) is 21.5. The van der Waals surface area contributed by atoms with E-state index >= 15 is 0 Å². The lowest BCUT2D eigenvalue weighted by molar-refractivity contribution is -0.135. The quantitative estimate of drug-likeness (QED) is 0.0159. The Morgan fingerprint density at radius 3 is 1.92 bits per heavy atom. The SMILES string of the molecule is CSCC[C@H](NC(=O)[C@H](CC(C)C)NC(=O)[C@H](Cc1cnc[nH]1)NC(=O)CNC(=O)[C@@H](NC(=O)[C@H](C)NC(=O)[C@H](Cc1c[nH]c2ccccc12)NC(=O)[C@H](CCC(N)=O)NC(=O)[C@@H](N)CCCN=C(N)N)C(C)C)C(N)=O. The summed E-state index contributed by atoms with van der Waals surface area (Å²) in [5.41, 5.74) is 29.6. The van der Waals surface area contributed by atoms with Crippen LogP contribution >= 0.6 is 11.8 Å². The Labute approximate surface area is 450 Å². The van der Waals surface area contributed by atoms with E-state index in [2.05, 4.69) is 62.5 Å². The van der Waals surface area contributed by atoms with Gasteiger partial charge in [-0.25, -0.2) is 4.98 Å². The van der Waals surface area contributed by atoms with E-state index in [9.17, 15) is 47.9 Å². The highest BCUT2D eigenvalue weighted by atomic mass is 32.2. The van der Waals surface area contributed by atoms with Crippen molar-refractivity contribution in [1.29, 1.82) is 0 Å². The van der Waals surface area contributed by atoms with Crippen molar-refractivity contribution in [3.63, 3.8) is 0 Å². The summed E-state index contributed by atoms with van der Waals surface area (Å²) in [4.78, 5) is 147. The molecule has 0 bridgehead atoms. The number of nitrogens with zero attached hydrogens (tertiary/aromatic N) is 2. The zero-order chi connectivity index (χ0) is 57.4. The van der Waals surface area contributed by atoms with E-state index in [1.54, 1.807) is 38.2 Å². The second-order valence-corrected chi connectivity index (χ2v) is 20.2. The predicted molar refractivity (Wildman–Crippen MR) is 289 cm³/mol. The normalized spacial score (nSPS) is 14.3. The van der Waals surface area contributed by atoms with Crippen LogP contribution in [0.4, 0.5) is 0 Å². The maximum Gasteiger partial charge on any atom is 0.243 e. The minimum atomic E-state index is -1.37. The maximum absolute atomic E-state index is 14.2. The molecule has 77 heavy (non-hydrogen) atoms. The number of hydrogen-bond donors (Lipinski definition) is 15. The van der Waals surface area contributed by atoms with Crippen molar-refractivity contribution in [3.8, 4) is 0 Å². The minimum Gasteiger partial charge on any atom is -0.370 e. The number of primary amides is 2. The summed E-state index contributed by atoms with van der Waals surface area (Å²) in [7, 11) is 0. The molecule has 0 spiro atoms. The molecule has 0 radical (unpaired) electrons. The number of carbonyl (C=O) groups is 10. The zero-order valence-electron chi connectivity index (χ0n) is 44.4. The van der Waals surface area contributed by atoms with Crippen molar-refractivity contribution in [1.82, 2.24) is 57.5 Å². The number of amides is 10. The fraction of sp³-hybridized carbons (Fsp3) is 0.551. The largest absolute Gasteiger partial charge is 0.370 e. The number of aromatic nitrogens is 3. The third kappa shape index (κ3) is 22.2. The standard InChI is InChI=1S/C49H77N17O10S/c1-25(2)18-35(46(74)62-33(41(52)69)15-17-77-6)64-47(75)37(20-29-22-55-24-59-29)61-39(68)23-58-48(76)40(26(3)4)66-42(70)27(5)60-45(73)36(19-28-21-57-32-12-8-7-10-30(28)32)65-44(72)34(13-14-38(51)67)63-43(71)31(50)11-9-16-56-49(53)54/h7-8,10,12,21-22,24-27,31,33-37,40,57H,9,11,13-20,23,50H2,1-6H3,(H2,51,67)(H2,52,69)(H,55,59)(H,58,76)(H,60,73)(H,61,68)(H,62,74)(H,63,71)(H,64,75)(H,65,72)(H,66,70)(H4,53,54,56)/t27-,31-,33-,34-,35-,36-,37-,40-/m0/s1. The lowest BCUT2D eigenvalue weighted by Gasteiger charge is -2.27. The van der Waals surface area contributed by atoms with E-state index in [1.807, 2.05) is 26.2 Å². The molecule has 0 saturated heterocycles. The number of hydrogen-bond acceptors (Lipinski definition) is 14. The molecule has 424 valence electrons. The molecule has 10 amide bonds. The number of guanidine groups is 1. The Kier molecular flexibility index (Phi) is 26.4. The first-order chi connectivity index (χ1) is 36.4. The van der Waals surface area contributed by atoms with Gasteiger partial charge in [-0.05, 0) is 74.5 Å². The van der Waals surface area contributed by atoms with Crippen LogP contribution in [0.5, 0.6) is 0 Å². The fourth-order valence-electron chi connectivity index (χ4n) is 7.80. The molecule has 0 aliphatic carbocycles. The van der Waals surface area contributed by atoms with Crippen LogP contribution < -0.4 is 71.2 Å². The van der Waals surface area contributed by atoms with Gasteiger partial charge in [-0.2, -0.15) is 11.8 Å². The van der Waals surface area contributed by atoms with Crippen molar-refractivity contribution in [2.24, 2.45) is 45.5 Å². The number of aliphatic imine (C=N–C) groups is 1. The smallest absolute Gasteiger partial charge is 0.243 e. The molecule has 0 saturated carbocycles. The van der Waals surface area contributed by atoms with E-state index in [0.717, 1.165) is 10.9 Å². The van der Waals surface area contributed by atoms with Gasteiger partial charge in [0.2, 0.25) is 59.1 Å². The van der Waals surface area contributed by atoms with Gasteiger partial charge in [0, 0.05) is 54.8 Å². The van der Waals surface area contributed by atoms with E-state index in [-0.39, 0.29) is 63.4 Å². The number of H-pyrrole nitrogens is 2. The number of nitrogens with one attached hydrogen (secondary N) is 10. The van der Waals surface area contributed by atoms with Crippen molar-refractivity contribution < 1.29 is 47.9 Å². The molecule has 0 unspecified atom stereocenters. The molecule has 20 N–H and O–H groups in total. The molecule has 3 rings (SSSR count).